The predicted molar refractivity (Wildman–Crippen MR) is 122 cm³/mol. The van der Waals surface area contributed by atoms with Gasteiger partial charge in [0.25, 0.3) is 15.9 Å². The SMILES string of the molecule is COc1ccc(S(=O)(=O)N(C)c2ccc(C(=O)N[C@H](C)c3ccccc3)cc2C)cc1. The molecule has 3 aromatic carbocycles. The lowest BCUT2D eigenvalue weighted by molar-refractivity contribution is 0.0940. The topological polar surface area (TPSA) is 75.7 Å². The van der Waals surface area contributed by atoms with Gasteiger partial charge in [-0.2, -0.15) is 0 Å². The van der Waals surface area contributed by atoms with E-state index in [4.69, 9.17) is 4.74 Å². The van der Waals surface area contributed by atoms with Crippen molar-refractivity contribution in [3.8, 4) is 5.75 Å². The molecule has 1 amide bonds. The van der Waals surface area contributed by atoms with Crippen molar-refractivity contribution in [1.82, 2.24) is 5.32 Å². The van der Waals surface area contributed by atoms with E-state index in [9.17, 15) is 13.2 Å². The maximum atomic E-state index is 13.0. The number of ether oxygens (including phenoxy) is 1. The van der Waals surface area contributed by atoms with Gasteiger partial charge in [0, 0.05) is 12.6 Å². The monoisotopic (exact) mass is 438 g/mol. The van der Waals surface area contributed by atoms with E-state index in [-0.39, 0.29) is 16.8 Å². The lowest BCUT2D eigenvalue weighted by Crippen LogP contribution is -2.28. The Kier molecular flexibility index (Phi) is 6.65. The second-order valence-corrected chi connectivity index (χ2v) is 9.22. The van der Waals surface area contributed by atoms with Crippen LogP contribution in [-0.2, 0) is 10.0 Å². The largest absolute Gasteiger partial charge is 0.497 e. The fourth-order valence-corrected chi connectivity index (χ4v) is 4.55. The van der Waals surface area contributed by atoms with Gasteiger partial charge < -0.3 is 10.1 Å². The first-order valence-electron chi connectivity index (χ1n) is 9.83. The van der Waals surface area contributed by atoms with Crippen molar-refractivity contribution in [2.45, 2.75) is 24.8 Å². The van der Waals surface area contributed by atoms with Crippen molar-refractivity contribution in [3.05, 3.63) is 89.5 Å². The van der Waals surface area contributed by atoms with Crippen molar-refractivity contribution in [3.63, 3.8) is 0 Å². The zero-order valence-corrected chi connectivity index (χ0v) is 18.8. The van der Waals surface area contributed by atoms with Crippen molar-refractivity contribution in [1.29, 1.82) is 0 Å². The van der Waals surface area contributed by atoms with E-state index in [1.807, 2.05) is 37.3 Å². The van der Waals surface area contributed by atoms with Crippen LogP contribution in [0.1, 0.15) is 34.5 Å². The Bertz CT molecular complexity index is 1160. The molecule has 162 valence electrons. The molecule has 1 atom stereocenters. The van der Waals surface area contributed by atoms with Crippen LogP contribution in [0.4, 0.5) is 5.69 Å². The van der Waals surface area contributed by atoms with Crippen molar-refractivity contribution < 1.29 is 17.9 Å². The van der Waals surface area contributed by atoms with E-state index in [1.165, 1.54) is 30.6 Å². The highest BCUT2D eigenvalue weighted by Gasteiger charge is 2.23. The van der Waals surface area contributed by atoms with Gasteiger partial charge in [0.05, 0.1) is 23.7 Å². The average Bonchev–Trinajstić information content (AvgIpc) is 2.79. The standard InChI is InChI=1S/C24H26N2O4S/c1-17-16-20(24(27)25-18(2)19-8-6-5-7-9-19)10-15-23(17)26(3)31(28,29)22-13-11-21(30-4)12-14-22/h5-16,18H,1-4H3,(H,25,27)/t18-/m1/s1. The number of rotatable bonds is 7. The summed E-state index contributed by atoms with van der Waals surface area (Å²) in [6, 6.07) is 20.8. The van der Waals surface area contributed by atoms with Gasteiger partial charge in [-0.05, 0) is 67.4 Å². The van der Waals surface area contributed by atoms with Crippen LogP contribution in [-0.4, -0.2) is 28.5 Å². The first-order valence-corrected chi connectivity index (χ1v) is 11.3. The van der Waals surface area contributed by atoms with Gasteiger partial charge in [-0.15, -0.1) is 0 Å². The molecule has 0 aliphatic rings. The van der Waals surface area contributed by atoms with E-state index >= 15 is 0 Å². The smallest absolute Gasteiger partial charge is 0.264 e. The fourth-order valence-electron chi connectivity index (χ4n) is 3.29. The lowest BCUT2D eigenvalue weighted by atomic mass is 10.1. The Balaban J connectivity index is 1.80. The van der Waals surface area contributed by atoms with Crippen LogP contribution in [0, 0.1) is 6.92 Å². The molecule has 6 nitrogen and oxygen atoms in total. The van der Waals surface area contributed by atoms with Crippen LogP contribution < -0.4 is 14.4 Å². The third kappa shape index (κ3) is 4.88. The number of amides is 1. The van der Waals surface area contributed by atoms with Gasteiger partial charge in [0.1, 0.15) is 5.75 Å². The van der Waals surface area contributed by atoms with Gasteiger partial charge >= 0.3 is 0 Å². The van der Waals surface area contributed by atoms with Crippen LogP contribution in [0.3, 0.4) is 0 Å². The molecular formula is C24H26N2O4S. The second kappa shape index (κ2) is 9.22. The number of anilines is 1. The highest BCUT2D eigenvalue weighted by molar-refractivity contribution is 7.92. The molecule has 0 bridgehead atoms. The number of methoxy groups -OCH3 is 1. The minimum atomic E-state index is -3.75. The van der Waals surface area contributed by atoms with Gasteiger partial charge in [-0.25, -0.2) is 8.42 Å². The molecule has 0 unspecified atom stereocenters. The van der Waals surface area contributed by atoms with Crippen molar-refractivity contribution in [2.75, 3.05) is 18.5 Å². The Morgan fingerprint density at radius 1 is 1.00 bits per heavy atom. The summed E-state index contributed by atoms with van der Waals surface area (Å²) in [4.78, 5) is 12.8. The highest BCUT2D eigenvalue weighted by Crippen LogP contribution is 2.27. The Labute approximate surface area is 183 Å². The first kappa shape index (κ1) is 22.4. The number of hydrogen-bond donors (Lipinski definition) is 1. The number of nitrogens with one attached hydrogen (secondary N) is 1. The molecule has 0 saturated carbocycles. The van der Waals surface area contributed by atoms with Crippen LogP contribution in [0.15, 0.2) is 77.7 Å². The van der Waals surface area contributed by atoms with Crippen LogP contribution in [0.2, 0.25) is 0 Å². The molecule has 3 aromatic rings. The second-order valence-electron chi connectivity index (χ2n) is 7.26. The molecule has 0 heterocycles. The van der Waals surface area contributed by atoms with Gasteiger partial charge in [0.2, 0.25) is 0 Å². The molecule has 0 aliphatic heterocycles. The Morgan fingerprint density at radius 3 is 2.23 bits per heavy atom. The Morgan fingerprint density at radius 2 is 1.65 bits per heavy atom. The molecule has 7 heteroatoms. The summed E-state index contributed by atoms with van der Waals surface area (Å²) in [6.45, 7) is 3.70. The summed E-state index contributed by atoms with van der Waals surface area (Å²) in [5.74, 6) is 0.365. The number of aryl methyl sites for hydroxylation is 1. The quantitative estimate of drug-likeness (QED) is 0.596. The third-order valence-electron chi connectivity index (χ3n) is 5.16. The first-order chi connectivity index (χ1) is 14.7. The van der Waals surface area contributed by atoms with Crippen LogP contribution in [0.25, 0.3) is 0 Å². The minimum absolute atomic E-state index is 0.146. The number of carbonyl (C=O) groups excluding carboxylic acids is 1. The molecule has 3 rings (SSSR count). The normalized spacial score (nSPS) is 12.1. The molecule has 0 spiro atoms. The van der Waals surface area contributed by atoms with Crippen LogP contribution in [0.5, 0.6) is 5.75 Å². The summed E-state index contributed by atoms with van der Waals surface area (Å²) < 4.78 is 32.3. The Hall–Kier alpha value is -3.32. The van der Waals surface area contributed by atoms with Gasteiger partial charge in [-0.3, -0.25) is 9.10 Å². The molecule has 31 heavy (non-hydrogen) atoms. The van der Waals surface area contributed by atoms with Crippen LogP contribution >= 0.6 is 0 Å². The molecule has 0 fully saturated rings. The fraction of sp³-hybridized carbons (Fsp3) is 0.208. The summed E-state index contributed by atoms with van der Waals surface area (Å²) in [5, 5.41) is 2.97. The summed E-state index contributed by atoms with van der Waals surface area (Å²) in [6.07, 6.45) is 0. The van der Waals surface area contributed by atoms with Crippen molar-refractivity contribution in [2.24, 2.45) is 0 Å². The number of carbonyl (C=O) groups is 1. The van der Waals surface area contributed by atoms with E-state index in [0.717, 1.165) is 5.56 Å². The number of benzene rings is 3. The number of sulfonamides is 1. The van der Waals surface area contributed by atoms with Crippen molar-refractivity contribution >= 4 is 21.6 Å². The van der Waals surface area contributed by atoms with E-state index in [1.54, 1.807) is 37.3 Å². The maximum Gasteiger partial charge on any atom is 0.264 e. The maximum absolute atomic E-state index is 13.0. The molecule has 0 radical (unpaired) electrons. The third-order valence-corrected chi connectivity index (χ3v) is 6.95. The predicted octanol–water partition coefficient (Wildman–Crippen LogP) is 4.32. The molecule has 1 N–H and O–H groups in total. The van der Waals surface area contributed by atoms with E-state index < -0.39 is 10.0 Å². The average molecular weight is 439 g/mol. The summed E-state index contributed by atoms with van der Waals surface area (Å²) >= 11 is 0. The zero-order valence-electron chi connectivity index (χ0n) is 18.0. The molecule has 0 aliphatic carbocycles. The van der Waals surface area contributed by atoms with Gasteiger partial charge in [0.15, 0.2) is 0 Å². The summed E-state index contributed by atoms with van der Waals surface area (Å²) in [5.41, 5.74) is 2.66. The number of nitrogens with zero attached hydrogens (tertiary/aromatic N) is 1. The minimum Gasteiger partial charge on any atom is -0.497 e. The molecule has 0 saturated heterocycles. The summed E-state index contributed by atoms with van der Waals surface area (Å²) in [7, 11) is -0.726. The zero-order chi connectivity index (χ0) is 22.6. The molecule has 0 aromatic heterocycles. The highest BCUT2D eigenvalue weighted by atomic mass is 32.2. The van der Waals surface area contributed by atoms with E-state index in [0.29, 0.717) is 22.6 Å². The van der Waals surface area contributed by atoms with E-state index in [2.05, 4.69) is 5.32 Å². The molecular weight excluding hydrogens is 412 g/mol. The lowest BCUT2D eigenvalue weighted by Gasteiger charge is -2.22. The van der Waals surface area contributed by atoms with Gasteiger partial charge in [-0.1, -0.05) is 30.3 Å². The number of hydrogen-bond acceptors (Lipinski definition) is 4.